The summed E-state index contributed by atoms with van der Waals surface area (Å²) in [5, 5.41) is 0. The van der Waals surface area contributed by atoms with E-state index in [4.69, 9.17) is 0 Å². The van der Waals surface area contributed by atoms with Gasteiger partial charge in [-0.1, -0.05) is 130 Å². The van der Waals surface area contributed by atoms with Gasteiger partial charge in [-0.25, -0.2) is 0 Å². The minimum absolute atomic E-state index is 0.979. The SMILES string of the molecule is CCCCC1C(C)CC2CCCC(CCC)CCCCCCCCC2C1C1CCC(C)CC1. The molecule has 0 radical (unpaired) electrons. The van der Waals surface area contributed by atoms with Crippen LogP contribution < -0.4 is 0 Å². The third-order valence-corrected chi connectivity index (χ3v) is 10.8. The molecule has 0 N–H and O–H groups in total. The van der Waals surface area contributed by atoms with Gasteiger partial charge in [0.1, 0.15) is 0 Å². The van der Waals surface area contributed by atoms with Gasteiger partial charge in [0.15, 0.2) is 0 Å². The third-order valence-electron chi connectivity index (χ3n) is 10.8. The lowest BCUT2D eigenvalue weighted by atomic mass is 9.54. The molecule has 0 spiro atoms. The standard InChI is InChI=1S/C33H62/c1-5-7-19-31-27(4)25-30-18-14-17-28(15-6-2)16-12-10-8-9-11-13-20-32(30)33(31)29-23-21-26(3)22-24-29/h26-33H,5-25H2,1-4H3. The first-order valence-corrected chi connectivity index (χ1v) is 16.1. The Morgan fingerprint density at radius 3 is 1.94 bits per heavy atom. The summed E-state index contributed by atoms with van der Waals surface area (Å²) < 4.78 is 0. The number of hydrogen-bond acceptors (Lipinski definition) is 0. The van der Waals surface area contributed by atoms with Crippen LogP contribution in [0.3, 0.4) is 0 Å². The molecule has 0 saturated heterocycles. The van der Waals surface area contributed by atoms with E-state index in [0.29, 0.717) is 0 Å². The summed E-state index contributed by atoms with van der Waals surface area (Å²) in [6.45, 7) is 10.0. The normalized spacial score (nSPS) is 40.0. The third kappa shape index (κ3) is 8.56. The van der Waals surface area contributed by atoms with Gasteiger partial charge >= 0.3 is 0 Å². The van der Waals surface area contributed by atoms with Crippen LogP contribution in [0.2, 0.25) is 0 Å². The van der Waals surface area contributed by atoms with Crippen LogP contribution in [0.25, 0.3) is 0 Å². The van der Waals surface area contributed by atoms with Gasteiger partial charge in [0.2, 0.25) is 0 Å². The van der Waals surface area contributed by atoms with Crippen molar-refractivity contribution in [3.8, 4) is 0 Å². The second-order valence-corrected chi connectivity index (χ2v) is 13.3. The second-order valence-electron chi connectivity index (χ2n) is 13.3. The summed E-state index contributed by atoms with van der Waals surface area (Å²) in [6.07, 6.45) is 31.9. The maximum Gasteiger partial charge on any atom is -0.0324 e. The highest BCUT2D eigenvalue weighted by molar-refractivity contribution is 4.95. The van der Waals surface area contributed by atoms with Crippen LogP contribution in [0, 0.1) is 47.3 Å². The molecule has 0 heteroatoms. The predicted octanol–water partition coefficient (Wildman–Crippen LogP) is 11.2. The minimum atomic E-state index is 0.979. The first-order valence-electron chi connectivity index (χ1n) is 16.1. The van der Waals surface area contributed by atoms with E-state index >= 15 is 0 Å². The highest BCUT2D eigenvalue weighted by atomic mass is 14.5. The molecule has 6 atom stereocenters. The molecule has 3 rings (SSSR count). The van der Waals surface area contributed by atoms with Gasteiger partial charge in [0.25, 0.3) is 0 Å². The van der Waals surface area contributed by atoms with Crippen molar-refractivity contribution < 1.29 is 0 Å². The monoisotopic (exact) mass is 458 g/mol. The molecule has 0 amide bonds. The quantitative estimate of drug-likeness (QED) is 0.371. The summed E-state index contributed by atoms with van der Waals surface area (Å²) >= 11 is 0. The maximum atomic E-state index is 2.68. The van der Waals surface area contributed by atoms with E-state index in [2.05, 4.69) is 27.7 Å². The van der Waals surface area contributed by atoms with Crippen LogP contribution in [0.15, 0.2) is 0 Å². The van der Waals surface area contributed by atoms with Crippen molar-refractivity contribution >= 4 is 0 Å². The summed E-state index contributed by atoms with van der Waals surface area (Å²) in [4.78, 5) is 0. The highest BCUT2D eigenvalue weighted by Gasteiger charge is 2.45. The molecule has 0 aromatic rings. The smallest absolute Gasteiger partial charge is 0.0324 e. The van der Waals surface area contributed by atoms with Crippen LogP contribution >= 0.6 is 0 Å². The fourth-order valence-electron chi connectivity index (χ4n) is 8.92. The lowest BCUT2D eigenvalue weighted by Crippen LogP contribution is -2.44. The van der Waals surface area contributed by atoms with Crippen molar-refractivity contribution in [2.45, 2.75) is 163 Å². The molecule has 0 aromatic carbocycles. The zero-order valence-electron chi connectivity index (χ0n) is 23.5. The molecule has 194 valence electrons. The van der Waals surface area contributed by atoms with Crippen molar-refractivity contribution in [1.29, 1.82) is 0 Å². The van der Waals surface area contributed by atoms with Crippen molar-refractivity contribution in [1.82, 2.24) is 0 Å². The van der Waals surface area contributed by atoms with Crippen LogP contribution in [0.1, 0.15) is 163 Å². The summed E-state index contributed by atoms with van der Waals surface area (Å²) in [6, 6.07) is 0. The zero-order valence-corrected chi connectivity index (χ0v) is 23.5. The van der Waals surface area contributed by atoms with E-state index in [0.717, 1.165) is 47.3 Å². The van der Waals surface area contributed by atoms with Gasteiger partial charge in [-0.15, -0.1) is 0 Å². The first-order chi connectivity index (χ1) is 16.1. The molecule has 0 aliphatic heterocycles. The molecule has 0 bridgehead atoms. The van der Waals surface area contributed by atoms with E-state index in [1.54, 1.807) is 32.1 Å². The molecule has 6 unspecified atom stereocenters. The topological polar surface area (TPSA) is 0 Å². The van der Waals surface area contributed by atoms with Crippen molar-refractivity contribution in [2.24, 2.45) is 47.3 Å². The van der Waals surface area contributed by atoms with Gasteiger partial charge in [-0.3, -0.25) is 0 Å². The largest absolute Gasteiger partial charge is 0.0654 e. The van der Waals surface area contributed by atoms with Gasteiger partial charge in [0.05, 0.1) is 0 Å². The number of fused-ring (bicyclic) bond motifs is 1. The summed E-state index contributed by atoms with van der Waals surface area (Å²) in [7, 11) is 0. The fourth-order valence-corrected chi connectivity index (χ4v) is 8.92. The molecule has 0 nitrogen and oxygen atoms in total. The maximum absolute atomic E-state index is 2.68. The van der Waals surface area contributed by atoms with Crippen LogP contribution in [-0.4, -0.2) is 0 Å². The minimum Gasteiger partial charge on any atom is -0.0654 e. The van der Waals surface area contributed by atoms with Crippen LogP contribution in [0.5, 0.6) is 0 Å². The summed E-state index contributed by atoms with van der Waals surface area (Å²) in [5.74, 6) is 8.28. The average Bonchev–Trinajstić information content (AvgIpc) is 2.81. The molecule has 3 saturated carbocycles. The number of unbranched alkanes of at least 4 members (excludes halogenated alkanes) is 1. The molecule has 33 heavy (non-hydrogen) atoms. The Morgan fingerprint density at radius 1 is 0.576 bits per heavy atom. The average molecular weight is 459 g/mol. The van der Waals surface area contributed by atoms with Crippen molar-refractivity contribution in [2.75, 3.05) is 0 Å². The molecular weight excluding hydrogens is 396 g/mol. The molecule has 3 fully saturated rings. The van der Waals surface area contributed by atoms with Crippen LogP contribution in [-0.2, 0) is 0 Å². The number of hydrogen-bond donors (Lipinski definition) is 0. The fraction of sp³-hybridized carbons (Fsp3) is 1.00. The predicted molar refractivity (Wildman–Crippen MR) is 148 cm³/mol. The Hall–Kier alpha value is 0. The molecular formula is C33H62. The summed E-state index contributed by atoms with van der Waals surface area (Å²) in [5.41, 5.74) is 0. The molecule has 3 aliphatic rings. The number of rotatable bonds is 6. The Bertz CT molecular complexity index is 486. The Balaban J connectivity index is 1.76. The van der Waals surface area contributed by atoms with Gasteiger partial charge in [0, 0.05) is 0 Å². The Kier molecular flexibility index (Phi) is 12.7. The zero-order chi connectivity index (χ0) is 23.5. The molecule has 0 heterocycles. The second kappa shape index (κ2) is 15.2. The van der Waals surface area contributed by atoms with E-state index in [-0.39, 0.29) is 0 Å². The Labute approximate surface area is 209 Å². The van der Waals surface area contributed by atoms with E-state index < -0.39 is 0 Å². The molecule has 0 aromatic heterocycles. The Morgan fingerprint density at radius 2 is 1.24 bits per heavy atom. The van der Waals surface area contributed by atoms with Crippen molar-refractivity contribution in [3.63, 3.8) is 0 Å². The van der Waals surface area contributed by atoms with E-state index in [9.17, 15) is 0 Å². The lowest BCUT2D eigenvalue weighted by Gasteiger charge is -2.52. The highest BCUT2D eigenvalue weighted by Crippen LogP contribution is 2.54. The first kappa shape index (κ1) is 27.6. The van der Waals surface area contributed by atoms with Gasteiger partial charge in [-0.2, -0.15) is 0 Å². The van der Waals surface area contributed by atoms with E-state index in [1.165, 1.54) is 103 Å². The van der Waals surface area contributed by atoms with Crippen LogP contribution in [0.4, 0.5) is 0 Å². The van der Waals surface area contributed by atoms with Gasteiger partial charge in [-0.05, 0) is 79.4 Å². The van der Waals surface area contributed by atoms with Gasteiger partial charge < -0.3 is 0 Å². The lowest BCUT2D eigenvalue weighted by molar-refractivity contribution is -0.0234. The van der Waals surface area contributed by atoms with Crippen molar-refractivity contribution in [3.05, 3.63) is 0 Å². The molecule has 3 aliphatic carbocycles. The van der Waals surface area contributed by atoms with E-state index in [1.807, 2.05) is 0 Å².